The highest BCUT2D eigenvalue weighted by atomic mass is 16.3. The summed E-state index contributed by atoms with van der Waals surface area (Å²) < 4.78 is 0. The van der Waals surface area contributed by atoms with Gasteiger partial charge in [-0.05, 0) is 5.92 Å². The number of likely N-dealkylation sites (N-methyl/N-ethyl adjacent to an activating group) is 1. The van der Waals surface area contributed by atoms with Gasteiger partial charge in [0.15, 0.2) is 0 Å². The van der Waals surface area contributed by atoms with Crippen LogP contribution in [0.2, 0.25) is 0 Å². The van der Waals surface area contributed by atoms with Crippen LogP contribution in [-0.2, 0) is 9.59 Å². The average Bonchev–Trinajstić information content (AvgIpc) is 2.41. The van der Waals surface area contributed by atoms with Gasteiger partial charge in [-0.1, -0.05) is 13.8 Å². The largest absolute Gasteiger partial charge is 0.387 e. The van der Waals surface area contributed by atoms with Crippen molar-refractivity contribution in [2.24, 2.45) is 5.92 Å². The highest BCUT2D eigenvalue weighted by molar-refractivity contribution is 6.05. The highest BCUT2D eigenvalue weighted by Gasteiger charge is 2.51. The number of imide groups is 1. The van der Waals surface area contributed by atoms with Crippen molar-refractivity contribution in [1.82, 2.24) is 9.80 Å². The molecule has 0 spiro atoms. The molecule has 0 radical (unpaired) electrons. The average molecular weight is 226 g/mol. The molecule has 2 aliphatic heterocycles. The number of nitrogens with zero attached hydrogens (tertiary/aromatic N) is 2. The molecule has 0 aromatic rings. The summed E-state index contributed by atoms with van der Waals surface area (Å²) in [6.07, 6.45) is 0.253. The molecule has 1 N–H and O–H groups in total. The van der Waals surface area contributed by atoms with E-state index in [0.29, 0.717) is 13.1 Å². The first-order valence-electron chi connectivity index (χ1n) is 5.62. The van der Waals surface area contributed by atoms with Crippen molar-refractivity contribution < 1.29 is 14.7 Å². The Kier molecular flexibility index (Phi) is 2.55. The Hall–Kier alpha value is -0.940. The van der Waals surface area contributed by atoms with Crippen molar-refractivity contribution in [3.8, 4) is 0 Å². The number of β-amino-alcohol motifs (C(OH)–C–C–N with tert-alkyl or cyclic N) is 1. The molecule has 0 saturated carbocycles. The predicted molar refractivity (Wildman–Crippen MR) is 57.5 cm³/mol. The lowest BCUT2D eigenvalue weighted by atomic mass is 9.82. The van der Waals surface area contributed by atoms with Gasteiger partial charge in [-0.15, -0.1) is 0 Å². The van der Waals surface area contributed by atoms with Crippen LogP contribution < -0.4 is 0 Å². The molecule has 0 bridgehead atoms. The van der Waals surface area contributed by atoms with Crippen LogP contribution in [0.5, 0.6) is 0 Å². The minimum absolute atomic E-state index is 0.130. The Balaban J connectivity index is 1.99. The van der Waals surface area contributed by atoms with Gasteiger partial charge < -0.3 is 5.11 Å². The Bertz CT molecular complexity index is 334. The molecule has 90 valence electrons. The van der Waals surface area contributed by atoms with E-state index in [4.69, 9.17) is 0 Å². The van der Waals surface area contributed by atoms with Crippen molar-refractivity contribution in [3.05, 3.63) is 0 Å². The Morgan fingerprint density at radius 3 is 2.31 bits per heavy atom. The number of carbonyl (C=O) groups is 2. The quantitative estimate of drug-likeness (QED) is 0.642. The fraction of sp³-hybridized carbons (Fsp3) is 0.818. The SMILES string of the molecule is CC(C)C1(O)CN(C2CC(=O)N(C)C2=O)C1. The molecule has 2 rings (SSSR count). The third-order valence-electron chi connectivity index (χ3n) is 3.83. The highest BCUT2D eigenvalue weighted by Crippen LogP contribution is 2.32. The molecule has 2 aliphatic rings. The number of hydrogen-bond acceptors (Lipinski definition) is 4. The molecular weight excluding hydrogens is 208 g/mol. The zero-order valence-electron chi connectivity index (χ0n) is 9.93. The minimum Gasteiger partial charge on any atom is -0.387 e. The maximum Gasteiger partial charge on any atom is 0.246 e. The van der Waals surface area contributed by atoms with Crippen molar-refractivity contribution in [2.45, 2.75) is 31.9 Å². The monoisotopic (exact) mass is 226 g/mol. The topological polar surface area (TPSA) is 60.9 Å². The zero-order valence-corrected chi connectivity index (χ0v) is 9.93. The summed E-state index contributed by atoms with van der Waals surface area (Å²) in [6.45, 7) is 4.90. The third kappa shape index (κ3) is 1.55. The summed E-state index contributed by atoms with van der Waals surface area (Å²) in [7, 11) is 1.51. The fourth-order valence-electron chi connectivity index (χ4n) is 2.26. The van der Waals surface area contributed by atoms with Gasteiger partial charge in [0, 0.05) is 20.1 Å². The van der Waals surface area contributed by atoms with E-state index in [1.54, 1.807) is 0 Å². The molecule has 16 heavy (non-hydrogen) atoms. The molecule has 1 unspecified atom stereocenters. The van der Waals surface area contributed by atoms with Crippen LogP contribution in [0, 0.1) is 5.92 Å². The lowest BCUT2D eigenvalue weighted by molar-refractivity contribution is -0.155. The Morgan fingerprint density at radius 2 is 1.94 bits per heavy atom. The van der Waals surface area contributed by atoms with E-state index in [0.717, 1.165) is 0 Å². The first-order chi connectivity index (χ1) is 7.35. The zero-order chi connectivity index (χ0) is 12.1. The van der Waals surface area contributed by atoms with Crippen LogP contribution in [0.3, 0.4) is 0 Å². The molecule has 5 heteroatoms. The van der Waals surface area contributed by atoms with Crippen molar-refractivity contribution in [3.63, 3.8) is 0 Å². The van der Waals surface area contributed by atoms with E-state index in [2.05, 4.69) is 0 Å². The molecule has 0 aromatic heterocycles. The van der Waals surface area contributed by atoms with Crippen molar-refractivity contribution in [1.29, 1.82) is 0 Å². The first kappa shape index (κ1) is 11.5. The van der Waals surface area contributed by atoms with Crippen LogP contribution in [0.4, 0.5) is 0 Å². The summed E-state index contributed by atoms with van der Waals surface area (Å²) in [6, 6.07) is -0.350. The maximum absolute atomic E-state index is 11.7. The fourth-order valence-corrected chi connectivity index (χ4v) is 2.26. The number of rotatable bonds is 2. The van der Waals surface area contributed by atoms with Gasteiger partial charge in [0.05, 0.1) is 18.1 Å². The molecule has 2 fully saturated rings. The van der Waals surface area contributed by atoms with Crippen molar-refractivity contribution in [2.75, 3.05) is 20.1 Å². The molecule has 2 amide bonds. The predicted octanol–water partition coefficient (Wildman–Crippen LogP) is -0.554. The number of hydrogen-bond donors (Lipinski definition) is 1. The summed E-state index contributed by atoms with van der Waals surface area (Å²) in [5, 5.41) is 10.1. The second kappa shape index (κ2) is 3.53. The van der Waals surface area contributed by atoms with E-state index < -0.39 is 5.60 Å². The van der Waals surface area contributed by atoms with Crippen LogP contribution in [0.1, 0.15) is 20.3 Å². The van der Waals surface area contributed by atoms with Gasteiger partial charge in [-0.3, -0.25) is 19.4 Å². The molecule has 2 heterocycles. The molecule has 5 nitrogen and oxygen atoms in total. The Labute approximate surface area is 95.0 Å². The lowest BCUT2D eigenvalue weighted by Crippen LogP contribution is -2.67. The molecule has 1 atom stereocenters. The van der Waals surface area contributed by atoms with E-state index in [-0.39, 0.29) is 30.2 Å². The maximum atomic E-state index is 11.7. The molecular formula is C11H18N2O3. The Morgan fingerprint density at radius 1 is 1.38 bits per heavy atom. The molecule has 0 aromatic carbocycles. The lowest BCUT2D eigenvalue weighted by Gasteiger charge is -2.50. The van der Waals surface area contributed by atoms with Gasteiger partial charge in [-0.25, -0.2) is 0 Å². The number of aliphatic hydroxyl groups is 1. The first-order valence-corrected chi connectivity index (χ1v) is 5.62. The normalized spacial score (nSPS) is 30.1. The van der Waals surface area contributed by atoms with Crippen LogP contribution in [0.15, 0.2) is 0 Å². The molecule has 0 aliphatic carbocycles. The second-order valence-corrected chi connectivity index (χ2v) is 5.17. The van der Waals surface area contributed by atoms with Gasteiger partial charge in [0.1, 0.15) is 0 Å². The number of amides is 2. The van der Waals surface area contributed by atoms with E-state index in [1.165, 1.54) is 11.9 Å². The van der Waals surface area contributed by atoms with Gasteiger partial charge >= 0.3 is 0 Å². The summed E-state index contributed by atoms with van der Waals surface area (Å²) in [5.74, 6) is -0.0977. The van der Waals surface area contributed by atoms with Gasteiger partial charge in [-0.2, -0.15) is 0 Å². The van der Waals surface area contributed by atoms with E-state index >= 15 is 0 Å². The third-order valence-corrected chi connectivity index (χ3v) is 3.83. The number of carbonyl (C=O) groups excluding carboxylic acids is 2. The van der Waals surface area contributed by atoms with E-state index in [1.807, 2.05) is 18.7 Å². The minimum atomic E-state index is -0.690. The van der Waals surface area contributed by atoms with Gasteiger partial charge in [0.25, 0.3) is 0 Å². The standard InChI is InChI=1S/C11H18N2O3/c1-7(2)11(16)5-13(6-11)8-4-9(14)12(3)10(8)15/h7-8,16H,4-6H2,1-3H3. The van der Waals surface area contributed by atoms with Crippen molar-refractivity contribution >= 4 is 11.8 Å². The van der Waals surface area contributed by atoms with Crippen LogP contribution in [-0.4, -0.2) is 58.5 Å². The molecule has 2 saturated heterocycles. The summed E-state index contributed by atoms with van der Waals surface area (Å²) >= 11 is 0. The summed E-state index contributed by atoms with van der Waals surface area (Å²) in [5.41, 5.74) is -0.690. The summed E-state index contributed by atoms with van der Waals surface area (Å²) in [4.78, 5) is 26.1. The van der Waals surface area contributed by atoms with Crippen LogP contribution >= 0.6 is 0 Å². The van der Waals surface area contributed by atoms with Gasteiger partial charge in [0.2, 0.25) is 11.8 Å². The van der Waals surface area contributed by atoms with Crippen LogP contribution in [0.25, 0.3) is 0 Å². The second-order valence-electron chi connectivity index (χ2n) is 5.17. The van der Waals surface area contributed by atoms with E-state index in [9.17, 15) is 14.7 Å². The smallest absolute Gasteiger partial charge is 0.246 e. The number of likely N-dealkylation sites (tertiary alicyclic amines) is 2.